The van der Waals surface area contributed by atoms with Gasteiger partial charge in [-0.05, 0) is 6.42 Å². The van der Waals surface area contributed by atoms with Gasteiger partial charge < -0.3 is 5.11 Å². The highest BCUT2D eigenvalue weighted by molar-refractivity contribution is 8.18. The van der Waals surface area contributed by atoms with E-state index in [0.717, 1.165) is 11.3 Å². The third-order valence-electron chi connectivity index (χ3n) is 2.24. The predicted molar refractivity (Wildman–Crippen MR) is 57.5 cm³/mol. The van der Waals surface area contributed by atoms with Crippen LogP contribution in [-0.4, -0.2) is 22.5 Å². The summed E-state index contributed by atoms with van der Waals surface area (Å²) >= 11 is 1.40. The highest BCUT2D eigenvalue weighted by atomic mass is 32.2. The summed E-state index contributed by atoms with van der Waals surface area (Å²) in [5, 5.41) is 10.3. The quantitative estimate of drug-likeness (QED) is 0.720. The lowest BCUT2D eigenvalue weighted by Gasteiger charge is -2.14. The van der Waals surface area contributed by atoms with Crippen LogP contribution in [0.2, 0.25) is 0 Å². The van der Waals surface area contributed by atoms with E-state index < -0.39 is 0 Å². The predicted octanol–water partition coefficient (Wildman–Crippen LogP) is 2.21. The van der Waals surface area contributed by atoms with Gasteiger partial charge in [-0.15, -0.1) is 0 Å². The van der Waals surface area contributed by atoms with Crippen molar-refractivity contribution in [3.63, 3.8) is 0 Å². The van der Waals surface area contributed by atoms with E-state index in [9.17, 15) is 9.90 Å². The Kier molecular flexibility index (Phi) is 2.46. The number of aliphatic hydroxyl groups excluding tert-OH is 1. The fourth-order valence-corrected chi connectivity index (χ4v) is 2.43. The number of hydrogen-bond acceptors (Lipinski definition) is 4. The molecule has 1 aliphatic heterocycles. The molecule has 0 saturated carbocycles. The van der Waals surface area contributed by atoms with Crippen molar-refractivity contribution >= 4 is 22.6 Å². The SMILES string of the molecule is C=C1CN=C(C2=C(O)CCCC2=O)S1. The molecule has 74 valence electrons. The van der Waals surface area contributed by atoms with Gasteiger partial charge in [0.05, 0.1) is 12.1 Å². The van der Waals surface area contributed by atoms with Crippen molar-refractivity contribution in [1.82, 2.24) is 0 Å². The fourth-order valence-electron chi connectivity index (χ4n) is 1.56. The topological polar surface area (TPSA) is 49.7 Å². The molecule has 0 radical (unpaired) electrons. The molecule has 14 heavy (non-hydrogen) atoms. The van der Waals surface area contributed by atoms with Gasteiger partial charge in [0, 0.05) is 17.7 Å². The van der Waals surface area contributed by atoms with Crippen LogP contribution in [0.15, 0.2) is 27.8 Å². The summed E-state index contributed by atoms with van der Waals surface area (Å²) in [4.78, 5) is 16.7. The average Bonchev–Trinajstić information content (AvgIpc) is 2.51. The zero-order valence-electron chi connectivity index (χ0n) is 7.75. The van der Waals surface area contributed by atoms with Crippen LogP contribution in [0.3, 0.4) is 0 Å². The molecule has 0 fully saturated rings. The van der Waals surface area contributed by atoms with Gasteiger partial charge in [0.1, 0.15) is 10.8 Å². The van der Waals surface area contributed by atoms with Crippen molar-refractivity contribution in [3.8, 4) is 0 Å². The minimum atomic E-state index is 0.00898. The van der Waals surface area contributed by atoms with Crippen LogP contribution in [0.1, 0.15) is 19.3 Å². The van der Waals surface area contributed by atoms with Crippen LogP contribution in [0.5, 0.6) is 0 Å². The Hall–Kier alpha value is -1.03. The molecule has 1 N–H and O–H groups in total. The Labute approximate surface area is 86.6 Å². The molecule has 0 bridgehead atoms. The van der Waals surface area contributed by atoms with Crippen LogP contribution in [0, 0.1) is 0 Å². The molecular formula is C10H11NO2S. The van der Waals surface area contributed by atoms with Crippen LogP contribution in [0.4, 0.5) is 0 Å². The lowest BCUT2D eigenvalue weighted by atomic mass is 9.97. The lowest BCUT2D eigenvalue weighted by molar-refractivity contribution is -0.115. The Morgan fingerprint density at radius 3 is 2.79 bits per heavy atom. The molecule has 3 nitrogen and oxygen atoms in total. The van der Waals surface area contributed by atoms with Gasteiger partial charge >= 0.3 is 0 Å². The number of aliphatic imine (C=N–C) groups is 1. The molecule has 2 rings (SSSR count). The van der Waals surface area contributed by atoms with Gasteiger partial charge in [0.25, 0.3) is 0 Å². The van der Waals surface area contributed by atoms with Crippen molar-refractivity contribution in [1.29, 1.82) is 0 Å². The van der Waals surface area contributed by atoms with Crippen molar-refractivity contribution < 1.29 is 9.90 Å². The zero-order chi connectivity index (χ0) is 10.1. The number of hydrogen-bond donors (Lipinski definition) is 1. The summed E-state index contributed by atoms with van der Waals surface area (Å²) in [5.74, 6) is 0.205. The molecule has 0 aromatic heterocycles. The van der Waals surface area contributed by atoms with Crippen LogP contribution >= 0.6 is 11.8 Å². The molecule has 0 aromatic rings. The summed E-state index contributed by atoms with van der Waals surface area (Å²) in [6.45, 7) is 4.34. The lowest BCUT2D eigenvalue weighted by Crippen LogP contribution is -2.16. The third kappa shape index (κ3) is 1.62. The maximum Gasteiger partial charge on any atom is 0.168 e. The number of allylic oxidation sites excluding steroid dienone is 1. The molecule has 0 atom stereocenters. The molecular weight excluding hydrogens is 198 g/mol. The van der Waals surface area contributed by atoms with E-state index in [0.29, 0.717) is 30.0 Å². The van der Waals surface area contributed by atoms with Crippen LogP contribution in [0.25, 0.3) is 0 Å². The fraction of sp³-hybridized carbons (Fsp3) is 0.400. The van der Waals surface area contributed by atoms with E-state index in [-0.39, 0.29) is 11.5 Å². The first-order valence-corrected chi connectivity index (χ1v) is 5.36. The van der Waals surface area contributed by atoms with E-state index in [4.69, 9.17) is 0 Å². The molecule has 2 aliphatic rings. The number of carbonyl (C=O) groups excluding carboxylic acids is 1. The number of nitrogens with zero attached hydrogens (tertiary/aromatic N) is 1. The largest absolute Gasteiger partial charge is 0.511 e. The summed E-state index contributed by atoms with van der Waals surface area (Å²) in [7, 11) is 0. The van der Waals surface area contributed by atoms with Crippen LogP contribution < -0.4 is 0 Å². The van der Waals surface area contributed by atoms with Gasteiger partial charge in [-0.3, -0.25) is 9.79 Å². The van der Waals surface area contributed by atoms with Crippen molar-refractivity contribution in [2.45, 2.75) is 19.3 Å². The monoisotopic (exact) mass is 209 g/mol. The second kappa shape index (κ2) is 3.61. The maximum atomic E-state index is 11.6. The first-order chi connectivity index (χ1) is 6.68. The Bertz CT molecular complexity index is 368. The van der Waals surface area contributed by atoms with Crippen molar-refractivity contribution in [2.24, 2.45) is 4.99 Å². The molecule has 1 heterocycles. The molecule has 1 aliphatic carbocycles. The summed E-state index contributed by atoms with van der Waals surface area (Å²) in [6.07, 6.45) is 1.85. The number of thioether (sulfide) groups is 1. The minimum Gasteiger partial charge on any atom is -0.511 e. The van der Waals surface area contributed by atoms with E-state index in [1.165, 1.54) is 11.8 Å². The van der Waals surface area contributed by atoms with Gasteiger partial charge in [-0.25, -0.2) is 0 Å². The van der Waals surface area contributed by atoms with Crippen molar-refractivity contribution in [2.75, 3.05) is 6.54 Å². The Morgan fingerprint density at radius 1 is 1.43 bits per heavy atom. The summed E-state index contributed by atoms with van der Waals surface area (Å²) < 4.78 is 0. The first-order valence-electron chi connectivity index (χ1n) is 4.54. The third-order valence-corrected chi connectivity index (χ3v) is 3.18. The Balaban J connectivity index is 2.32. The number of Topliss-reactive ketones (excluding diaryl/α,β-unsaturated/α-hetero) is 1. The van der Waals surface area contributed by atoms with E-state index in [1.807, 2.05) is 0 Å². The van der Waals surface area contributed by atoms with Gasteiger partial charge in [-0.2, -0.15) is 0 Å². The van der Waals surface area contributed by atoms with E-state index in [1.54, 1.807) is 0 Å². The number of carbonyl (C=O) groups is 1. The van der Waals surface area contributed by atoms with E-state index >= 15 is 0 Å². The minimum absolute atomic E-state index is 0.00898. The molecule has 0 aromatic carbocycles. The first kappa shape index (κ1) is 9.52. The molecule has 0 amide bonds. The number of aliphatic hydroxyl groups is 1. The van der Waals surface area contributed by atoms with Gasteiger partial charge in [0.2, 0.25) is 0 Å². The summed E-state index contributed by atoms with van der Waals surface area (Å²) in [6, 6.07) is 0. The average molecular weight is 209 g/mol. The van der Waals surface area contributed by atoms with Crippen molar-refractivity contribution in [3.05, 3.63) is 22.8 Å². The maximum absolute atomic E-state index is 11.6. The molecule has 0 spiro atoms. The highest BCUT2D eigenvalue weighted by Crippen LogP contribution is 2.32. The standard InChI is InChI=1S/C10H11NO2S/c1-6-5-11-10(14-6)9-7(12)3-2-4-8(9)13/h12H,1-5H2. The Morgan fingerprint density at radius 2 is 2.21 bits per heavy atom. The second-order valence-corrected chi connectivity index (χ2v) is 4.53. The van der Waals surface area contributed by atoms with Gasteiger partial charge in [-0.1, -0.05) is 18.3 Å². The molecule has 0 unspecified atom stereocenters. The summed E-state index contributed by atoms with van der Waals surface area (Å²) in [5.41, 5.74) is 0.430. The molecule has 0 saturated heterocycles. The highest BCUT2D eigenvalue weighted by Gasteiger charge is 2.27. The smallest absolute Gasteiger partial charge is 0.168 e. The zero-order valence-corrected chi connectivity index (χ0v) is 8.56. The molecule has 4 heteroatoms. The van der Waals surface area contributed by atoms with Crippen LogP contribution in [-0.2, 0) is 4.79 Å². The normalized spacial score (nSPS) is 23.0. The second-order valence-electron chi connectivity index (χ2n) is 3.36. The van der Waals surface area contributed by atoms with Gasteiger partial charge in [0.15, 0.2) is 5.78 Å². The van der Waals surface area contributed by atoms with E-state index in [2.05, 4.69) is 11.6 Å². The number of ketones is 1. The number of rotatable bonds is 1.